The Balaban J connectivity index is 1.32. The molecule has 1 atom stereocenters. The van der Waals surface area contributed by atoms with Crippen LogP contribution in [0, 0.1) is 5.41 Å². The fraction of sp³-hybridized carbons (Fsp3) is 0.667. The van der Waals surface area contributed by atoms with Crippen molar-refractivity contribution in [1.82, 2.24) is 15.1 Å². The molecule has 3 saturated heterocycles. The van der Waals surface area contributed by atoms with Gasteiger partial charge < -0.3 is 15.0 Å². The molecule has 0 radical (unpaired) electrons. The van der Waals surface area contributed by atoms with E-state index in [2.05, 4.69) is 44.4 Å². The normalized spacial score (nSPS) is 27.0. The van der Waals surface area contributed by atoms with E-state index >= 15 is 0 Å². The molecule has 1 N–H and O–H groups in total. The molecule has 0 amide bonds. The summed E-state index contributed by atoms with van der Waals surface area (Å²) in [5, 5.41) is 3.58. The Kier molecular flexibility index (Phi) is 5.46. The summed E-state index contributed by atoms with van der Waals surface area (Å²) < 4.78 is 5.65. The minimum Gasteiger partial charge on any atom is -0.381 e. The van der Waals surface area contributed by atoms with E-state index in [-0.39, 0.29) is 0 Å². The fourth-order valence-corrected chi connectivity index (χ4v) is 4.64. The Morgan fingerprint density at radius 3 is 2.81 bits per heavy atom. The molecular weight excluding hydrogens is 324 g/mol. The van der Waals surface area contributed by atoms with E-state index in [1.54, 1.807) is 0 Å². The quantitative estimate of drug-likeness (QED) is 0.665. The molecule has 1 aromatic rings. The Morgan fingerprint density at radius 2 is 2.04 bits per heavy atom. The first-order valence-electron chi connectivity index (χ1n) is 10.1. The molecule has 0 aromatic heterocycles. The molecule has 3 fully saturated rings. The van der Waals surface area contributed by atoms with Crippen LogP contribution in [0.2, 0.25) is 0 Å². The van der Waals surface area contributed by atoms with Crippen molar-refractivity contribution in [3.05, 3.63) is 35.4 Å². The standard InChI is InChI=1S/C21H32N4O/c1-22-20(25-11-7-21(16-25)8-12-26-17-21)23-14-18-5-4-6-19(13-18)15-24-9-2-3-10-24/h4-6,13H,2-3,7-12,14-17H2,1H3,(H,22,23). The molecule has 5 nitrogen and oxygen atoms in total. The maximum atomic E-state index is 5.65. The molecule has 3 aliphatic rings. The van der Waals surface area contributed by atoms with Crippen LogP contribution in [0.5, 0.6) is 0 Å². The van der Waals surface area contributed by atoms with Crippen molar-refractivity contribution in [3.63, 3.8) is 0 Å². The molecule has 26 heavy (non-hydrogen) atoms. The Morgan fingerprint density at radius 1 is 1.19 bits per heavy atom. The summed E-state index contributed by atoms with van der Waals surface area (Å²) >= 11 is 0. The number of nitrogens with zero attached hydrogens (tertiary/aromatic N) is 3. The number of rotatable bonds is 4. The number of likely N-dealkylation sites (tertiary alicyclic amines) is 2. The van der Waals surface area contributed by atoms with Crippen molar-refractivity contribution < 1.29 is 4.74 Å². The highest BCUT2D eigenvalue weighted by atomic mass is 16.5. The van der Waals surface area contributed by atoms with Gasteiger partial charge >= 0.3 is 0 Å². The number of hydrogen-bond acceptors (Lipinski definition) is 3. The molecule has 0 saturated carbocycles. The zero-order chi connectivity index (χ0) is 17.8. The van der Waals surface area contributed by atoms with E-state index in [0.29, 0.717) is 5.41 Å². The van der Waals surface area contributed by atoms with Crippen LogP contribution in [-0.2, 0) is 17.8 Å². The zero-order valence-electron chi connectivity index (χ0n) is 16.0. The van der Waals surface area contributed by atoms with Gasteiger partial charge in [0.1, 0.15) is 0 Å². The van der Waals surface area contributed by atoms with Gasteiger partial charge in [-0.25, -0.2) is 0 Å². The van der Waals surface area contributed by atoms with E-state index < -0.39 is 0 Å². The lowest BCUT2D eigenvalue weighted by Gasteiger charge is -2.25. The van der Waals surface area contributed by atoms with Gasteiger partial charge in [-0.05, 0) is 49.9 Å². The Labute approximate surface area is 157 Å². The minimum atomic E-state index is 0.368. The van der Waals surface area contributed by atoms with Gasteiger partial charge in [-0.3, -0.25) is 9.89 Å². The summed E-state index contributed by atoms with van der Waals surface area (Å²) in [5.74, 6) is 1.03. The summed E-state index contributed by atoms with van der Waals surface area (Å²) in [7, 11) is 1.89. The van der Waals surface area contributed by atoms with E-state index in [1.807, 2.05) is 7.05 Å². The average molecular weight is 357 g/mol. The SMILES string of the molecule is CN=C(NCc1cccc(CN2CCCC2)c1)N1CCC2(CCOC2)C1. The van der Waals surface area contributed by atoms with Gasteiger partial charge in [0.2, 0.25) is 0 Å². The number of hydrogen-bond donors (Lipinski definition) is 1. The van der Waals surface area contributed by atoms with Crippen LogP contribution in [0.1, 0.15) is 36.8 Å². The molecule has 1 unspecified atom stereocenters. The van der Waals surface area contributed by atoms with Crippen molar-refractivity contribution >= 4 is 5.96 Å². The molecule has 142 valence electrons. The van der Waals surface area contributed by atoms with Gasteiger partial charge in [-0.1, -0.05) is 24.3 Å². The molecular formula is C21H32N4O. The first-order chi connectivity index (χ1) is 12.8. The average Bonchev–Trinajstić information content (AvgIpc) is 3.40. The van der Waals surface area contributed by atoms with Crippen LogP contribution in [0.15, 0.2) is 29.3 Å². The number of benzene rings is 1. The lowest BCUT2D eigenvalue weighted by atomic mass is 9.87. The Hall–Kier alpha value is -1.59. The second kappa shape index (κ2) is 7.97. The van der Waals surface area contributed by atoms with Crippen LogP contribution >= 0.6 is 0 Å². The molecule has 3 heterocycles. The van der Waals surface area contributed by atoms with Gasteiger partial charge in [-0.15, -0.1) is 0 Å². The summed E-state index contributed by atoms with van der Waals surface area (Å²) in [6.45, 7) is 8.39. The summed E-state index contributed by atoms with van der Waals surface area (Å²) in [5.41, 5.74) is 3.12. The van der Waals surface area contributed by atoms with Crippen molar-refractivity contribution in [3.8, 4) is 0 Å². The third kappa shape index (κ3) is 4.04. The lowest BCUT2D eigenvalue weighted by Crippen LogP contribution is -2.41. The van der Waals surface area contributed by atoms with Gasteiger partial charge in [0.15, 0.2) is 5.96 Å². The van der Waals surface area contributed by atoms with Gasteiger partial charge in [0.05, 0.1) is 6.61 Å². The first kappa shape index (κ1) is 17.8. The van der Waals surface area contributed by atoms with Crippen molar-refractivity contribution in [2.45, 2.75) is 38.8 Å². The third-order valence-corrected chi connectivity index (χ3v) is 6.18. The second-order valence-corrected chi connectivity index (χ2v) is 8.18. The summed E-state index contributed by atoms with van der Waals surface area (Å²) in [6, 6.07) is 8.99. The molecule has 4 rings (SSSR count). The van der Waals surface area contributed by atoms with Crippen LogP contribution in [0.25, 0.3) is 0 Å². The predicted molar refractivity (Wildman–Crippen MR) is 105 cm³/mol. The highest BCUT2D eigenvalue weighted by Crippen LogP contribution is 2.38. The second-order valence-electron chi connectivity index (χ2n) is 8.18. The van der Waals surface area contributed by atoms with E-state index in [9.17, 15) is 0 Å². The predicted octanol–water partition coefficient (Wildman–Crippen LogP) is 2.47. The lowest BCUT2D eigenvalue weighted by molar-refractivity contribution is 0.156. The molecule has 1 spiro atoms. The van der Waals surface area contributed by atoms with Gasteiger partial charge in [0.25, 0.3) is 0 Å². The molecule has 3 aliphatic heterocycles. The maximum Gasteiger partial charge on any atom is 0.193 e. The molecule has 0 aliphatic carbocycles. The smallest absolute Gasteiger partial charge is 0.193 e. The monoisotopic (exact) mass is 356 g/mol. The van der Waals surface area contributed by atoms with E-state index in [1.165, 1.54) is 49.9 Å². The third-order valence-electron chi connectivity index (χ3n) is 6.18. The molecule has 5 heteroatoms. The van der Waals surface area contributed by atoms with Crippen LogP contribution in [-0.4, -0.2) is 62.2 Å². The van der Waals surface area contributed by atoms with Crippen LogP contribution in [0.3, 0.4) is 0 Å². The first-order valence-corrected chi connectivity index (χ1v) is 10.1. The van der Waals surface area contributed by atoms with Crippen molar-refractivity contribution in [2.75, 3.05) is 46.4 Å². The Bertz CT molecular complexity index is 633. The van der Waals surface area contributed by atoms with Crippen LogP contribution < -0.4 is 5.32 Å². The van der Waals surface area contributed by atoms with Gasteiger partial charge in [0, 0.05) is 45.2 Å². The number of guanidine groups is 1. The zero-order valence-corrected chi connectivity index (χ0v) is 16.0. The van der Waals surface area contributed by atoms with E-state index in [0.717, 1.165) is 45.4 Å². The van der Waals surface area contributed by atoms with Crippen LogP contribution in [0.4, 0.5) is 0 Å². The molecule has 0 bridgehead atoms. The van der Waals surface area contributed by atoms with Crippen molar-refractivity contribution in [2.24, 2.45) is 10.4 Å². The highest BCUT2D eigenvalue weighted by molar-refractivity contribution is 5.80. The topological polar surface area (TPSA) is 40.1 Å². The highest BCUT2D eigenvalue weighted by Gasteiger charge is 2.42. The molecule has 1 aromatic carbocycles. The number of ether oxygens (including phenoxy) is 1. The summed E-state index contributed by atoms with van der Waals surface area (Å²) in [6.07, 6.45) is 5.11. The van der Waals surface area contributed by atoms with Gasteiger partial charge in [-0.2, -0.15) is 0 Å². The minimum absolute atomic E-state index is 0.368. The fourth-order valence-electron chi connectivity index (χ4n) is 4.64. The van der Waals surface area contributed by atoms with Crippen molar-refractivity contribution in [1.29, 1.82) is 0 Å². The maximum absolute atomic E-state index is 5.65. The number of aliphatic imine (C=N–C) groups is 1. The van der Waals surface area contributed by atoms with E-state index in [4.69, 9.17) is 4.74 Å². The largest absolute Gasteiger partial charge is 0.381 e. The summed E-state index contributed by atoms with van der Waals surface area (Å²) in [4.78, 5) is 9.49. The number of nitrogens with one attached hydrogen (secondary N) is 1.